The third kappa shape index (κ3) is 2.14. The number of aliphatic hydroxyl groups excluding tert-OH is 1. The topological polar surface area (TPSA) is 77.8 Å². The predicted molar refractivity (Wildman–Crippen MR) is 59.9 cm³/mol. The average Bonchev–Trinajstić information content (AvgIpc) is 2.27. The van der Waals surface area contributed by atoms with Gasteiger partial charge >= 0.3 is 5.97 Å². The fourth-order valence-corrected chi connectivity index (χ4v) is 1.88. The van der Waals surface area contributed by atoms with Crippen molar-refractivity contribution in [1.82, 2.24) is 4.90 Å². The number of carboxylic acids is 1. The van der Waals surface area contributed by atoms with Crippen LogP contribution in [-0.2, 0) is 0 Å². The molecule has 5 nitrogen and oxygen atoms in total. The fraction of sp³-hybridized carbons (Fsp3) is 0.333. The Bertz CT molecular complexity index is 452. The Morgan fingerprint density at radius 3 is 2.35 bits per heavy atom. The van der Waals surface area contributed by atoms with E-state index >= 15 is 0 Å². The largest absolute Gasteiger partial charge is 0.478 e. The van der Waals surface area contributed by atoms with Crippen molar-refractivity contribution < 1.29 is 19.8 Å². The van der Waals surface area contributed by atoms with Crippen molar-refractivity contribution in [3.05, 3.63) is 35.4 Å². The summed E-state index contributed by atoms with van der Waals surface area (Å²) in [6.45, 7) is 1.04. The molecule has 1 aliphatic heterocycles. The minimum absolute atomic E-state index is 0.0185. The van der Waals surface area contributed by atoms with Crippen LogP contribution in [0.1, 0.15) is 20.7 Å². The maximum absolute atomic E-state index is 12.0. The van der Waals surface area contributed by atoms with E-state index in [1.165, 1.54) is 12.1 Å². The van der Waals surface area contributed by atoms with E-state index in [1.54, 1.807) is 17.0 Å². The quantitative estimate of drug-likeness (QED) is 0.797. The molecule has 0 aromatic heterocycles. The number of hydrogen-bond acceptors (Lipinski definition) is 3. The van der Waals surface area contributed by atoms with E-state index in [-0.39, 0.29) is 29.6 Å². The molecule has 5 heteroatoms. The van der Waals surface area contributed by atoms with Gasteiger partial charge in [-0.25, -0.2) is 4.79 Å². The number of rotatable bonds is 3. The molecule has 0 aliphatic carbocycles. The van der Waals surface area contributed by atoms with Crippen LogP contribution in [-0.4, -0.2) is 46.7 Å². The average molecular weight is 235 g/mol. The van der Waals surface area contributed by atoms with Gasteiger partial charge in [-0.05, 0) is 12.1 Å². The van der Waals surface area contributed by atoms with Gasteiger partial charge in [-0.15, -0.1) is 0 Å². The normalized spacial score (nSPS) is 15.5. The van der Waals surface area contributed by atoms with Crippen LogP contribution in [0.5, 0.6) is 0 Å². The number of hydrogen-bond donors (Lipinski definition) is 2. The Hall–Kier alpha value is -1.88. The van der Waals surface area contributed by atoms with Crippen molar-refractivity contribution in [2.75, 3.05) is 19.7 Å². The highest BCUT2D eigenvalue weighted by molar-refractivity contribution is 6.04. The van der Waals surface area contributed by atoms with E-state index in [2.05, 4.69) is 0 Å². The smallest absolute Gasteiger partial charge is 0.336 e. The molecule has 0 atom stereocenters. The van der Waals surface area contributed by atoms with Crippen LogP contribution in [0.25, 0.3) is 0 Å². The Labute approximate surface area is 98.3 Å². The first kappa shape index (κ1) is 11.6. The van der Waals surface area contributed by atoms with Gasteiger partial charge in [0.25, 0.3) is 5.91 Å². The highest BCUT2D eigenvalue weighted by Gasteiger charge is 2.32. The van der Waals surface area contributed by atoms with Crippen molar-refractivity contribution in [3.63, 3.8) is 0 Å². The second-order valence-electron chi connectivity index (χ2n) is 4.11. The molecule has 1 amide bonds. The molecule has 0 bridgehead atoms. The summed E-state index contributed by atoms with van der Waals surface area (Å²) in [5.74, 6) is -1.27. The summed E-state index contributed by atoms with van der Waals surface area (Å²) in [5.41, 5.74) is 0.223. The molecule has 0 radical (unpaired) electrons. The van der Waals surface area contributed by atoms with E-state index in [9.17, 15) is 9.59 Å². The molecule has 1 heterocycles. The summed E-state index contributed by atoms with van der Waals surface area (Å²) in [5, 5.41) is 17.8. The predicted octanol–water partition coefficient (Wildman–Crippen LogP) is 0.449. The first-order valence-corrected chi connectivity index (χ1v) is 5.36. The molecule has 0 unspecified atom stereocenters. The lowest BCUT2D eigenvalue weighted by Crippen LogP contribution is -2.51. The Morgan fingerprint density at radius 2 is 1.82 bits per heavy atom. The second-order valence-corrected chi connectivity index (χ2v) is 4.11. The number of carbonyl (C=O) groups excluding carboxylic acids is 1. The van der Waals surface area contributed by atoms with Crippen LogP contribution >= 0.6 is 0 Å². The molecule has 0 saturated carbocycles. The number of amides is 1. The van der Waals surface area contributed by atoms with Gasteiger partial charge < -0.3 is 15.1 Å². The Kier molecular flexibility index (Phi) is 3.10. The number of nitrogens with zero attached hydrogens (tertiary/aromatic N) is 1. The van der Waals surface area contributed by atoms with Crippen LogP contribution < -0.4 is 0 Å². The molecule has 2 rings (SSSR count). The second kappa shape index (κ2) is 4.55. The molecular weight excluding hydrogens is 222 g/mol. The summed E-state index contributed by atoms with van der Waals surface area (Å²) >= 11 is 0. The van der Waals surface area contributed by atoms with Crippen molar-refractivity contribution in [3.8, 4) is 0 Å². The van der Waals surface area contributed by atoms with Gasteiger partial charge in [-0.2, -0.15) is 0 Å². The summed E-state index contributed by atoms with van der Waals surface area (Å²) in [4.78, 5) is 24.5. The Morgan fingerprint density at radius 1 is 1.24 bits per heavy atom. The molecular formula is C12H13NO4. The van der Waals surface area contributed by atoms with Crippen molar-refractivity contribution in [1.29, 1.82) is 0 Å². The lowest BCUT2D eigenvalue weighted by molar-refractivity contribution is 0.0357. The number of carbonyl (C=O) groups is 2. The van der Waals surface area contributed by atoms with E-state index in [0.717, 1.165) is 0 Å². The molecule has 1 aliphatic rings. The SMILES string of the molecule is O=C(O)c1ccccc1C(=O)N1CC(CO)C1. The minimum Gasteiger partial charge on any atom is -0.478 e. The zero-order valence-corrected chi connectivity index (χ0v) is 9.17. The standard InChI is InChI=1S/C12H13NO4/c14-7-8-5-13(6-8)11(15)9-3-1-2-4-10(9)12(16)17/h1-4,8,14H,5-7H2,(H,16,17). The maximum atomic E-state index is 12.0. The highest BCUT2D eigenvalue weighted by Crippen LogP contribution is 2.20. The van der Waals surface area contributed by atoms with Gasteiger partial charge in [0.1, 0.15) is 0 Å². The van der Waals surface area contributed by atoms with Crippen LogP contribution in [0.4, 0.5) is 0 Å². The number of benzene rings is 1. The number of aromatic carboxylic acids is 1. The summed E-state index contributed by atoms with van der Waals surface area (Å²) in [6.07, 6.45) is 0. The molecule has 1 fully saturated rings. The van der Waals surface area contributed by atoms with E-state index in [0.29, 0.717) is 13.1 Å². The summed E-state index contributed by atoms with van der Waals surface area (Å²) < 4.78 is 0. The lowest BCUT2D eigenvalue weighted by Gasteiger charge is -2.38. The first-order chi connectivity index (χ1) is 8.13. The third-order valence-corrected chi connectivity index (χ3v) is 2.89. The van der Waals surface area contributed by atoms with Gasteiger partial charge in [0.15, 0.2) is 0 Å². The monoisotopic (exact) mass is 235 g/mol. The van der Waals surface area contributed by atoms with E-state index in [4.69, 9.17) is 10.2 Å². The van der Waals surface area contributed by atoms with Crippen LogP contribution in [0, 0.1) is 5.92 Å². The first-order valence-electron chi connectivity index (χ1n) is 5.36. The maximum Gasteiger partial charge on any atom is 0.336 e. The van der Waals surface area contributed by atoms with Gasteiger partial charge in [-0.3, -0.25) is 4.79 Å². The van der Waals surface area contributed by atoms with E-state index < -0.39 is 5.97 Å². The zero-order valence-electron chi connectivity index (χ0n) is 9.17. The zero-order chi connectivity index (χ0) is 12.4. The van der Waals surface area contributed by atoms with Gasteiger partial charge in [0.2, 0.25) is 0 Å². The van der Waals surface area contributed by atoms with Crippen molar-refractivity contribution >= 4 is 11.9 Å². The van der Waals surface area contributed by atoms with Crippen molar-refractivity contribution in [2.45, 2.75) is 0 Å². The minimum atomic E-state index is -1.10. The van der Waals surface area contributed by atoms with Crippen LogP contribution in [0.15, 0.2) is 24.3 Å². The van der Waals surface area contributed by atoms with E-state index in [1.807, 2.05) is 0 Å². The van der Waals surface area contributed by atoms with Gasteiger partial charge in [0, 0.05) is 25.6 Å². The van der Waals surface area contributed by atoms with Crippen LogP contribution in [0.2, 0.25) is 0 Å². The number of carboxylic acid groups (broad SMARTS) is 1. The molecule has 1 aromatic carbocycles. The summed E-state index contributed by atoms with van der Waals surface area (Å²) in [7, 11) is 0. The van der Waals surface area contributed by atoms with Crippen molar-refractivity contribution in [2.24, 2.45) is 5.92 Å². The molecule has 90 valence electrons. The molecule has 0 spiro atoms. The Balaban J connectivity index is 2.18. The molecule has 17 heavy (non-hydrogen) atoms. The number of likely N-dealkylation sites (tertiary alicyclic amines) is 1. The van der Waals surface area contributed by atoms with Gasteiger partial charge in [0.05, 0.1) is 11.1 Å². The third-order valence-electron chi connectivity index (χ3n) is 2.89. The number of aliphatic hydroxyl groups is 1. The van der Waals surface area contributed by atoms with Gasteiger partial charge in [-0.1, -0.05) is 12.1 Å². The fourth-order valence-electron chi connectivity index (χ4n) is 1.88. The molecule has 1 saturated heterocycles. The lowest BCUT2D eigenvalue weighted by atomic mass is 9.98. The molecule has 1 aromatic rings. The molecule has 2 N–H and O–H groups in total. The van der Waals surface area contributed by atoms with Crippen LogP contribution in [0.3, 0.4) is 0 Å². The highest BCUT2D eigenvalue weighted by atomic mass is 16.4. The summed E-state index contributed by atoms with van der Waals surface area (Å²) in [6, 6.07) is 6.16.